The SMILES string of the molecule is [B]c1ccc(Nc2ncnc3cc(O)c(OC)cc23)c(F)c1. The van der Waals surface area contributed by atoms with E-state index in [-0.39, 0.29) is 17.2 Å². The molecule has 3 rings (SSSR count). The minimum absolute atomic E-state index is 0.0293. The number of anilines is 2. The fourth-order valence-corrected chi connectivity index (χ4v) is 2.10. The van der Waals surface area contributed by atoms with Gasteiger partial charge in [0.2, 0.25) is 0 Å². The molecule has 2 radical (unpaired) electrons. The smallest absolute Gasteiger partial charge is 0.161 e. The zero-order valence-corrected chi connectivity index (χ0v) is 11.7. The number of phenolic OH excluding ortho intramolecular Hbond substituents is 1. The van der Waals surface area contributed by atoms with Gasteiger partial charge in [0.15, 0.2) is 11.5 Å². The number of nitrogens with zero attached hydrogens (tertiary/aromatic N) is 2. The molecule has 2 aromatic carbocycles. The molecule has 2 N–H and O–H groups in total. The monoisotopic (exact) mass is 295 g/mol. The number of fused-ring (bicyclic) bond motifs is 1. The van der Waals surface area contributed by atoms with Crippen LogP contribution in [0.5, 0.6) is 11.5 Å². The topological polar surface area (TPSA) is 67.3 Å². The number of aromatic nitrogens is 2. The van der Waals surface area contributed by atoms with E-state index in [9.17, 15) is 9.50 Å². The van der Waals surface area contributed by atoms with Gasteiger partial charge in [0.25, 0.3) is 0 Å². The summed E-state index contributed by atoms with van der Waals surface area (Å²) in [6, 6.07) is 7.37. The van der Waals surface area contributed by atoms with Crippen molar-refractivity contribution in [1.29, 1.82) is 0 Å². The summed E-state index contributed by atoms with van der Waals surface area (Å²) in [5.41, 5.74) is 1.08. The fourth-order valence-electron chi connectivity index (χ4n) is 2.10. The van der Waals surface area contributed by atoms with Crippen LogP contribution in [0.15, 0.2) is 36.7 Å². The largest absolute Gasteiger partial charge is 0.504 e. The Labute approximate surface area is 127 Å². The van der Waals surface area contributed by atoms with Crippen molar-refractivity contribution in [2.24, 2.45) is 0 Å². The maximum absolute atomic E-state index is 13.9. The lowest BCUT2D eigenvalue weighted by Crippen LogP contribution is -2.05. The Hall–Kier alpha value is -2.83. The summed E-state index contributed by atoms with van der Waals surface area (Å²) in [4.78, 5) is 8.19. The van der Waals surface area contributed by atoms with Crippen LogP contribution >= 0.6 is 0 Å². The highest BCUT2D eigenvalue weighted by molar-refractivity contribution is 6.32. The molecule has 7 heteroatoms. The molecule has 0 unspecified atom stereocenters. The minimum Gasteiger partial charge on any atom is -0.504 e. The molecule has 0 spiro atoms. The van der Waals surface area contributed by atoms with Crippen molar-refractivity contribution in [3.8, 4) is 11.5 Å². The number of phenols is 1. The van der Waals surface area contributed by atoms with Crippen LogP contribution in [-0.2, 0) is 0 Å². The Morgan fingerprint density at radius 1 is 1.23 bits per heavy atom. The normalized spacial score (nSPS) is 10.6. The van der Waals surface area contributed by atoms with Crippen LogP contribution in [0.4, 0.5) is 15.9 Å². The average molecular weight is 295 g/mol. The van der Waals surface area contributed by atoms with Crippen molar-refractivity contribution in [1.82, 2.24) is 9.97 Å². The van der Waals surface area contributed by atoms with Crippen molar-refractivity contribution in [3.05, 3.63) is 42.5 Å². The summed E-state index contributed by atoms with van der Waals surface area (Å²) in [6.07, 6.45) is 1.33. The second kappa shape index (κ2) is 5.52. The van der Waals surface area contributed by atoms with E-state index in [1.807, 2.05) is 0 Å². The fraction of sp³-hybridized carbons (Fsp3) is 0.0667. The highest BCUT2D eigenvalue weighted by atomic mass is 19.1. The summed E-state index contributed by atoms with van der Waals surface area (Å²) in [7, 11) is 6.97. The summed E-state index contributed by atoms with van der Waals surface area (Å²) in [5.74, 6) is 0.158. The van der Waals surface area contributed by atoms with E-state index in [1.165, 1.54) is 31.6 Å². The van der Waals surface area contributed by atoms with Gasteiger partial charge in [-0.25, -0.2) is 14.4 Å². The molecule has 0 aliphatic rings. The van der Waals surface area contributed by atoms with Gasteiger partial charge in [-0.3, -0.25) is 0 Å². The van der Waals surface area contributed by atoms with Crippen molar-refractivity contribution in [2.75, 3.05) is 12.4 Å². The van der Waals surface area contributed by atoms with Crippen LogP contribution in [0.25, 0.3) is 10.9 Å². The molecule has 1 heterocycles. The molecular formula is C15H11BFN3O2. The molecule has 22 heavy (non-hydrogen) atoms. The lowest BCUT2D eigenvalue weighted by atomic mass is 9.96. The molecule has 0 saturated carbocycles. The molecule has 0 fully saturated rings. The zero-order chi connectivity index (χ0) is 15.7. The van der Waals surface area contributed by atoms with Crippen LogP contribution in [0, 0.1) is 5.82 Å². The first-order valence-corrected chi connectivity index (χ1v) is 6.42. The van der Waals surface area contributed by atoms with E-state index in [0.29, 0.717) is 22.2 Å². The molecule has 0 aliphatic carbocycles. The Morgan fingerprint density at radius 2 is 2.05 bits per heavy atom. The van der Waals surface area contributed by atoms with E-state index in [2.05, 4.69) is 15.3 Å². The van der Waals surface area contributed by atoms with E-state index in [4.69, 9.17) is 12.6 Å². The summed E-state index contributed by atoms with van der Waals surface area (Å²) in [6.45, 7) is 0. The maximum atomic E-state index is 13.9. The average Bonchev–Trinajstić information content (AvgIpc) is 2.49. The number of halogens is 1. The molecule has 108 valence electrons. The quantitative estimate of drug-likeness (QED) is 0.724. The first-order valence-electron chi connectivity index (χ1n) is 6.42. The molecule has 0 atom stereocenters. The third kappa shape index (κ3) is 2.53. The number of rotatable bonds is 3. The number of hydrogen-bond donors (Lipinski definition) is 2. The Balaban J connectivity index is 2.10. The number of nitrogens with one attached hydrogen (secondary N) is 1. The minimum atomic E-state index is -0.488. The molecule has 3 aromatic rings. The molecule has 5 nitrogen and oxygen atoms in total. The predicted octanol–water partition coefficient (Wildman–Crippen LogP) is 2.02. The number of methoxy groups -OCH3 is 1. The number of benzene rings is 2. The molecule has 0 bridgehead atoms. The Bertz CT molecular complexity index is 858. The molecule has 0 amide bonds. The summed E-state index contributed by atoms with van der Waals surface area (Å²) in [5, 5.41) is 13.3. The van der Waals surface area contributed by atoms with Crippen LogP contribution in [-0.4, -0.2) is 30.0 Å². The first kappa shape index (κ1) is 14.1. The van der Waals surface area contributed by atoms with E-state index >= 15 is 0 Å². The lowest BCUT2D eigenvalue weighted by molar-refractivity contribution is 0.374. The standard InChI is InChI=1S/C15H11BFN3O2/c1-22-14-5-9-12(6-13(14)21)18-7-19-15(9)20-11-3-2-8(16)4-10(11)17/h2-7,21H,1H3,(H,18,19,20). The zero-order valence-electron chi connectivity index (χ0n) is 11.7. The number of ether oxygens (including phenoxy) is 1. The summed E-state index contributed by atoms with van der Waals surface area (Å²) < 4.78 is 19.0. The van der Waals surface area contributed by atoms with Gasteiger partial charge in [-0.15, -0.1) is 0 Å². The van der Waals surface area contributed by atoms with Gasteiger partial charge in [0.05, 0.1) is 18.3 Å². The Kier molecular flexibility index (Phi) is 3.54. The van der Waals surface area contributed by atoms with Gasteiger partial charge < -0.3 is 15.2 Å². The Morgan fingerprint density at radius 3 is 2.77 bits per heavy atom. The van der Waals surface area contributed by atoms with Crippen molar-refractivity contribution in [2.45, 2.75) is 0 Å². The highest BCUT2D eigenvalue weighted by Gasteiger charge is 2.11. The van der Waals surface area contributed by atoms with Gasteiger partial charge >= 0.3 is 0 Å². The predicted molar refractivity (Wildman–Crippen MR) is 82.8 cm³/mol. The van der Waals surface area contributed by atoms with Crippen LogP contribution in [0.1, 0.15) is 0 Å². The molecule has 1 aromatic heterocycles. The highest BCUT2D eigenvalue weighted by Crippen LogP contribution is 2.33. The van der Waals surface area contributed by atoms with Crippen LogP contribution in [0.3, 0.4) is 0 Å². The van der Waals surface area contributed by atoms with Gasteiger partial charge in [-0.2, -0.15) is 0 Å². The number of aromatic hydroxyl groups is 1. The van der Waals surface area contributed by atoms with Gasteiger partial charge in [0.1, 0.15) is 25.8 Å². The second-order valence-corrected chi connectivity index (χ2v) is 4.63. The molecule has 0 aliphatic heterocycles. The molecule has 0 saturated heterocycles. The molecular weight excluding hydrogens is 284 g/mol. The summed E-state index contributed by atoms with van der Waals surface area (Å²) >= 11 is 0. The van der Waals surface area contributed by atoms with Gasteiger partial charge in [-0.05, 0) is 18.2 Å². The van der Waals surface area contributed by atoms with Crippen molar-refractivity contribution < 1.29 is 14.2 Å². The lowest BCUT2D eigenvalue weighted by Gasteiger charge is -2.11. The van der Waals surface area contributed by atoms with E-state index < -0.39 is 5.82 Å². The third-order valence-electron chi connectivity index (χ3n) is 3.18. The maximum Gasteiger partial charge on any atom is 0.161 e. The second-order valence-electron chi connectivity index (χ2n) is 4.63. The first-order chi connectivity index (χ1) is 10.6. The number of hydrogen-bond acceptors (Lipinski definition) is 5. The third-order valence-corrected chi connectivity index (χ3v) is 3.18. The van der Waals surface area contributed by atoms with Crippen molar-refractivity contribution >= 4 is 35.7 Å². The van der Waals surface area contributed by atoms with E-state index in [1.54, 1.807) is 12.1 Å². The van der Waals surface area contributed by atoms with Crippen LogP contribution in [0.2, 0.25) is 0 Å². The van der Waals surface area contributed by atoms with Crippen molar-refractivity contribution in [3.63, 3.8) is 0 Å². The van der Waals surface area contributed by atoms with Gasteiger partial charge in [-0.1, -0.05) is 11.5 Å². The van der Waals surface area contributed by atoms with E-state index in [0.717, 1.165) is 0 Å². The van der Waals surface area contributed by atoms with Crippen LogP contribution < -0.4 is 15.5 Å². The van der Waals surface area contributed by atoms with Gasteiger partial charge in [0, 0.05) is 11.5 Å².